The SMILES string of the molecule is CCN1CCC(n2cc([C@@H](Cc3cc(Cl)c4ncnc(Nc5ccc(F)c(Cl)c5)c4c3)c3ccc(Cl)cc3)nn2)CC1. The van der Waals surface area contributed by atoms with E-state index in [1.807, 2.05) is 41.1 Å². The molecule has 6 rings (SSSR count). The van der Waals surface area contributed by atoms with Crippen LogP contribution in [0.5, 0.6) is 0 Å². The summed E-state index contributed by atoms with van der Waals surface area (Å²) < 4.78 is 15.8. The second-order valence-corrected chi connectivity index (χ2v) is 11.8. The average molecular weight is 625 g/mol. The van der Waals surface area contributed by atoms with Crippen molar-refractivity contribution in [1.29, 1.82) is 0 Å². The van der Waals surface area contributed by atoms with Gasteiger partial charge in [0.25, 0.3) is 0 Å². The fourth-order valence-electron chi connectivity index (χ4n) is 5.56. The van der Waals surface area contributed by atoms with Gasteiger partial charge in [-0.15, -0.1) is 5.10 Å². The van der Waals surface area contributed by atoms with Crippen LogP contribution in [0, 0.1) is 5.82 Å². The summed E-state index contributed by atoms with van der Waals surface area (Å²) in [5.41, 5.74) is 4.15. The first-order valence-corrected chi connectivity index (χ1v) is 15.1. The van der Waals surface area contributed by atoms with Crippen molar-refractivity contribution in [3.05, 3.63) is 105 Å². The number of anilines is 2. The molecule has 0 bridgehead atoms. The van der Waals surface area contributed by atoms with E-state index in [0.29, 0.717) is 39.5 Å². The van der Waals surface area contributed by atoms with Gasteiger partial charge < -0.3 is 10.2 Å². The first kappa shape index (κ1) is 28.8. The van der Waals surface area contributed by atoms with Crippen LogP contribution in [0.1, 0.15) is 48.5 Å². The maximum Gasteiger partial charge on any atom is 0.141 e. The van der Waals surface area contributed by atoms with Gasteiger partial charge in [0.15, 0.2) is 0 Å². The molecule has 0 spiro atoms. The molecule has 7 nitrogen and oxygen atoms in total. The molecule has 0 unspecified atom stereocenters. The Morgan fingerprint density at radius 1 is 0.976 bits per heavy atom. The highest BCUT2D eigenvalue weighted by Gasteiger charge is 2.24. The largest absolute Gasteiger partial charge is 0.340 e. The number of likely N-dealkylation sites (tertiary alicyclic amines) is 1. The average Bonchev–Trinajstić information content (AvgIpc) is 3.49. The van der Waals surface area contributed by atoms with E-state index < -0.39 is 5.82 Å². The monoisotopic (exact) mass is 623 g/mol. The zero-order chi connectivity index (χ0) is 29.2. The lowest BCUT2D eigenvalue weighted by atomic mass is 9.89. The van der Waals surface area contributed by atoms with Crippen molar-refractivity contribution in [2.24, 2.45) is 0 Å². The molecule has 0 amide bonds. The van der Waals surface area contributed by atoms with Crippen LogP contribution in [0.4, 0.5) is 15.9 Å². The summed E-state index contributed by atoms with van der Waals surface area (Å²) in [5, 5.41) is 14.4. The molecule has 1 fully saturated rings. The summed E-state index contributed by atoms with van der Waals surface area (Å²) >= 11 is 19.0. The van der Waals surface area contributed by atoms with Gasteiger partial charge in [0.05, 0.1) is 27.3 Å². The third kappa shape index (κ3) is 6.22. The van der Waals surface area contributed by atoms with Gasteiger partial charge in [-0.05, 0) is 79.4 Å². The lowest BCUT2D eigenvalue weighted by molar-refractivity contribution is 0.186. The van der Waals surface area contributed by atoms with Gasteiger partial charge in [-0.2, -0.15) is 0 Å². The minimum Gasteiger partial charge on any atom is -0.340 e. The molecule has 42 heavy (non-hydrogen) atoms. The van der Waals surface area contributed by atoms with Crippen molar-refractivity contribution < 1.29 is 4.39 Å². The highest BCUT2D eigenvalue weighted by molar-refractivity contribution is 6.35. The number of rotatable bonds is 8. The first-order valence-electron chi connectivity index (χ1n) is 13.9. The molecule has 1 aliphatic rings. The van der Waals surface area contributed by atoms with Gasteiger partial charge >= 0.3 is 0 Å². The third-order valence-electron chi connectivity index (χ3n) is 7.91. The molecule has 1 aliphatic heterocycles. The van der Waals surface area contributed by atoms with Crippen molar-refractivity contribution in [1.82, 2.24) is 29.9 Å². The molecule has 0 aliphatic carbocycles. The van der Waals surface area contributed by atoms with Crippen LogP contribution in [-0.4, -0.2) is 49.5 Å². The normalized spacial score (nSPS) is 15.3. The van der Waals surface area contributed by atoms with Crippen molar-refractivity contribution in [2.75, 3.05) is 25.0 Å². The molecule has 1 saturated heterocycles. The minimum atomic E-state index is -0.489. The molecular formula is C31H29Cl3FN7. The fraction of sp³-hybridized carbons (Fsp3) is 0.290. The van der Waals surface area contributed by atoms with E-state index in [-0.39, 0.29) is 10.9 Å². The molecule has 2 aromatic heterocycles. The number of halogens is 4. The molecule has 0 radical (unpaired) electrons. The molecule has 5 aromatic rings. The van der Waals surface area contributed by atoms with Crippen LogP contribution < -0.4 is 5.32 Å². The molecule has 3 aromatic carbocycles. The Hall–Kier alpha value is -3.30. The Kier molecular flexibility index (Phi) is 8.58. The molecule has 216 valence electrons. The van der Waals surface area contributed by atoms with Gasteiger partial charge in [0.2, 0.25) is 0 Å². The van der Waals surface area contributed by atoms with E-state index in [1.54, 1.807) is 6.07 Å². The number of piperidine rings is 1. The van der Waals surface area contributed by atoms with Gasteiger partial charge in [-0.25, -0.2) is 19.0 Å². The number of hydrogen-bond acceptors (Lipinski definition) is 6. The van der Waals surface area contributed by atoms with Crippen LogP contribution in [-0.2, 0) is 6.42 Å². The Balaban J connectivity index is 1.34. The predicted octanol–water partition coefficient (Wildman–Crippen LogP) is 8.10. The Morgan fingerprint density at radius 2 is 1.76 bits per heavy atom. The lowest BCUT2D eigenvalue weighted by Gasteiger charge is -2.30. The van der Waals surface area contributed by atoms with Gasteiger partial charge in [0, 0.05) is 41.3 Å². The number of fused-ring (bicyclic) bond motifs is 1. The summed E-state index contributed by atoms with van der Waals surface area (Å²) in [6.45, 7) is 5.40. The van der Waals surface area contributed by atoms with E-state index in [1.165, 1.54) is 18.5 Å². The summed E-state index contributed by atoms with van der Waals surface area (Å²) in [4.78, 5) is 11.3. The van der Waals surface area contributed by atoms with Crippen molar-refractivity contribution >= 4 is 57.2 Å². The summed E-state index contributed by atoms with van der Waals surface area (Å²) in [6, 6.07) is 16.6. The Morgan fingerprint density at radius 3 is 2.50 bits per heavy atom. The van der Waals surface area contributed by atoms with Crippen molar-refractivity contribution in [3.63, 3.8) is 0 Å². The molecule has 1 N–H and O–H groups in total. The minimum absolute atomic E-state index is 0.0202. The molecule has 3 heterocycles. The van der Waals surface area contributed by atoms with Gasteiger partial charge in [-0.1, -0.05) is 59.1 Å². The maximum absolute atomic E-state index is 13.7. The highest BCUT2D eigenvalue weighted by Crippen LogP contribution is 2.35. The zero-order valence-electron chi connectivity index (χ0n) is 22.9. The van der Waals surface area contributed by atoms with E-state index in [9.17, 15) is 4.39 Å². The second-order valence-electron chi connectivity index (χ2n) is 10.5. The van der Waals surface area contributed by atoms with Crippen molar-refractivity contribution in [2.45, 2.75) is 38.1 Å². The topological polar surface area (TPSA) is 71.8 Å². The van der Waals surface area contributed by atoms with Gasteiger partial charge in [-0.3, -0.25) is 0 Å². The smallest absolute Gasteiger partial charge is 0.141 e. The lowest BCUT2D eigenvalue weighted by Crippen LogP contribution is -2.34. The third-order valence-corrected chi connectivity index (χ3v) is 8.74. The Bertz CT molecular complexity index is 1700. The quantitative estimate of drug-likeness (QED) is 0.188. The number of nitrogens with one attached hydrogen (secondary N) is 1. The van der Waals surface area contributed by atoms with Crippen LogP contribution >= 0.6 is 34.8 Å². The van der Waals surface area contributed by atoms with Gasteiger partial charge in [0.1, 0.15) is 18.0 Å². The number of nitrogens with zero attached hydrogens (tertiary/aromatic N) is 6. The predicted molar refractivity (Wildman–Crippen MR) is 167 cm³/mol. The zero-order valence-corrected chi connectivity index (χ0v) is 25.2. The molecular weight excluding hydrogens is 596 g/mol. The second kappa shape index (κ2) is 12.5. The number of aromatic nitrogens is 5. The summed E-state index contributed by atoms with van der Waals surface area (Å²) in [5.74, 6) is -0.0345. The van der Waals surface area contributed by atoms with E-state index >= 15 is 0 Å². The van der Waals surface area contributed by atoms with E-state index in [2.05, 4.69) is 43.6 Å². The number of hydrogen-bond donors (Lipinski definition) is 1. The molecule has 11 heteroatoms. The van der Waals surface area contributed by atoms with Crippen LogP contribution in [0.3, 0.4) is 0 Å². The first-order chi connectivity index (χ1) is 20.4. The standard InChI is InChI=1S/C31H29Cl3FN7/c1-2-41-11-9-23(10-12-41)42-17-29(39-40-42)24(20-3-5-21(32)6-4-20)13-19-14-25-30(27(34)15-19)36-18-37-31(25)38-22-7-8-28(35)26(33)16-22/h3-8,14-18,23-24H,2,9-13H2,1H3,(H,36,37,38)/t24-/m0/s1. The summed E-state index contributed by atoms with van der Waals surface area (Å²) in [7, 11) is 0. The molecule has 1 atom stereocenters. The van der Waals surface area contributed by atoms with Crippen LogP contribution in [0.2, 0.25) is 15.1 Å². The van der Waals surface area contributed by atoms with E-state index in [4.69, 9.17) is 34.8 Å². The van der Waals surface area contributed by atoms with Crippen LogP contribution in [0.25, 0.3) is 10.9 Å². The molecule has 0 saturated carbocycles. The van der Waals surface area contributed by atoms with Crippen molar-refractivity contribution in [3.8, 4) is 0 Å². The Labute approximate surface area is 258 Å². The summed E-state index contributed by atoms with van der Waals surface area (Å²) in [6.07, 6.45) is 6.25. The highest BCUT2D eigenvalue weighted by atomic mass is 35.5. The number of benzene rings is 3. The van der Waals surface area contributed by atoms with Crippen LogP contribution in [0.15, 0.2) is 67.1 Å². The fourth-order valence-corrected chi connectivity index (χ4v) is 6.16. The van der Waals surface area contributed by atoms with E-state index in [0.717, 1.165) is 54.7 Å². The maximum atomic E-state index is 13.7.